The van der Waals surface area contributed by atoms with Crippen molar-refractivity contribution >= 4 is 28.5 Å². The van der Waals surface area contributed by atoms with Crippen LogP contribution in [0.15, 0.2) is 35.3 Å². The van der Waals surface area contributed by atoms with Crippen molar-refractivity contribution in [1.29, 1.82) is 0 Å². The van der Waals surface area contributed by atoms with Crippen molar-refractivity contribution in [3.8, 4) is 17.2 Å². The highest BCUT2D eigenvalue weighted by atomic mass is 19.1. The largest absolute Gasteiger partial charge is 0.504 e. The summed E-state index contributed by atoms with van der Waals surface area (Å²) in [5, 5.41) is 47.6. The summed E-state index contributed by atoms with van der Waals surface area (Å²) in [6, 6.07) is 4.77. The zero-order valence-electron chi connectivity index (χ0n) is 18.9. The Balaban J connectivity index is 0.000000214. The van der Waals surface area contributed by atoms with E-state index in [1.165, 1.54) is 12.3 Å². The van der Waals surface area contributed by atoms with Crippen LogP contribution in [0, 0.1) is 5.82 Å². The van der Waals surface area contributed by atoms with E-state index in [9.17, 15) is 23.9 Å². The Hall–Kier alpha value is -4.32. The van der Waals surface area contributed by atoms with Crippen molar-refractivity contribution < 1.29 is 39.5 Å². The minimum absolute atomic E-state index is 0.137. The van der Waals surface area contributed by atoms with Gasteiger partial charge in [0.15, 0.2) is 17.2 Å². The van der Waals surface area contributed by atoms with Gasteiger partial charge in [0.2, 0.25) is 5.43 Å². The minimum atomic E-state index is -1.29. The molecule has 0 bridgehead atoms. The van der Waals surface area contributed by atoms with Gasteiger partial charge in [0, 0.05) is 43.8 Å². The summed E-state index contributed by atoms with van der Waals surface area (Å²) in [6.07, 6.45) is 3.29. The van der Waals surface area contributed by atoms with Gasteiger partial charge in [0.25, 0.3) is 0 Å². The number of carbonyl (C=O) groups is 2. The highest BCUT2D eigenvalue weighted by Gasteiger charge is 2.28. The van der Waals surface area contributed by atoms with Crippen molar-refractivity contribution in [1.82, 2.24) is 9.88 Å². The fraction of sp³-hybridized carbons (Fsp3) is 0.292. The van der Waals surface area contributed by atoms with Crippen molar-refractivity contribution in [3.05, 3.63) is 57.6 Å². The fourth-order valence-corrected chi connectivity index (χ4v) is 4.04. The molecule has 1 aromatic heterocycles. The van der Waals surface area contributed by atoms with Gasteiger partial charge in [-0.05, 0) is 37.1 Å². The molecule has 1 saturated heterocycles. The van der Waals surface area contributed by atoms with E-state index in [2.05, 4.69) is 5.32 Å². The second-order valence-electron chi connectivity index (χ2n) is 8.54. The molecule has 6 N–H and O–H groups in total. The number of anilines is 1. The van der Waals surface area contributed by atoms with Crippen LogP contribution in [0.25, 0.3) is 10.9 Å². The van der Waals surface area contributed by atoms with Gasteiger partial charge in [-0.25, -0.2) is 14.0 Å². The second-order valence-corrected chi connectivity index (χ2v) is 8.54. The standard InChI is InChI=1S/C17H18FN3O3.C7H6O5/c18-13-7-11-14(8-15(13)20-5-3-19-4-6-20)21(10-1-2-10)9-12(16(11)22)17(23)24;8-4-1-3(7(11)12)2-5(9)6(4)10/h7-10,19H,1-6H2,(H,23,24);1-2,8-10H,(H,11,12). The third-order valence-electron chi connectivity index (χ3n) is 6.05. The fourth-order valence-electron chi connectivity index (χ4n) is 4.04. The van der Waals surface area contributed by atoms with Gasteiger partial charge < -0.3 is 40.3 Å². The molecule has 5 rings (SSSR count). The number of rotatable bonds is 4. The van der Waals surface area contributed by atoms with Gasteiger partial charge in [-0.1, -0.05) is 0 Å². The number of pyridine rings is 1. The molecule has 3 aromatic rings. The smallest absolute Gasteiger partial charge is 0.341 e. The van der Waals surface area contributed by atoms with Gasteiger partial charge in [0.05, 0.1) is 16.8 Å². The van der Waals surface area contributed by atoms with Crippen molar-refractivity contribution in [3.63, 3.8) is 0 Å². The molecule has 0 radical (unpaired) electrons. The first-order chi connectivity index (χ1) is 17.1. The van der Waals surface area contributed by atoms with Gasteiger partial charge >= 0.3 is 11.9 Å². The number of nitrogens with zero attached hydrogens (tertiary/aromatic N) is 2. The zero-order chi connectivity index (χ0) is 26.1. The number of halogens is 1. The number of nitrogens with one attached hydrogen (secondary N) is 1. The molecule has 190 valence electrons. The molecule has 0 atom stereocenters. The van der Waals surface area contributed by atoms with Crippen LogP contribution in [-0.2, 0) is 0 Å². The Morgan fingerprint density at radius 2 is 1.56 bits per heavy atom. The lowest BCUT2D eigenvalue weighted by Crippen LogP contribution is -2.43. The molecule has 2 aliphatic rings. The highest BCUT2D eigenvalue weighted by Crippen LogP contribution is 2.38. The van der Waals surface area contributed by atoms with Crippen LogP contribution < -0.4 is 15.6 Å². The molecule has 1 aliphatic carbocycles. The number of phenolic OH excluding ortho intramolecular Hbond substituents is 3. The van der Waals surface area contributed by atoms with E-state index in [4.69, 9.17) is 20.4 Å². The number of benzene rings is 2. The molecule has 1 aliphatic heterocycles. The number of phenols is 3. The van der Waals surface area contributed by atoms with Gasteiger partial charge in [-0.3, -0.25) is 4.79 Å². The first-order valence-corrected chi connectivity index (χ1v) is 11.1. The maximum Gasteiger partial charge on any atom is 0.341 e. The maximum atomic E-state index is 14.6. The number of hydrogen-bond donors (Lipinski definition) is 6. The SMILES string of the molecule is O=C(O)c1cc(O)c(O)c(O)c1.O=C(O)c1cn(C2CC2)c2cc(N3CCNCC3)c(F)cc2c1=O. The van der Waals surface area contributed by atoms with E-state index in [0.717, 1.165) is 38.1 Å². The monoisotopic (exact) mass is 501 g/mol. The Morgan fingerprint density at radius 1 is 0.944 bits per heavy atom. The number of carboxylic acids is 2. The van der Waals surface area contributed by atoms with E-state index in [-0.39, 0.29) is 22.6 Å². The molecule has 2 heterocycles. The summed E-state index contributed by atoms with van der Waals surface area (Å²) in [4.78, 5) is 36.0. The predicted molar refractivity (Wildman–Crippen MR) is 127 cm³/mol. The third-order valence-corrected chi connectivity index (χ3v) is 6.05. The van der Waals surface area contributed by atoms with Gasteiger partial charge in [-0.15, -0.1) is 0 Å². The Morgan fingerprint density at radius 3 is 2.08 bits per heavy atom. The number of fused-ring (bicyclic) bond motifs is 1. The number of piperazine rings is 1. The van der Waals surface area contributed by atoms with Crippen LogP contribution >= 0.6 is 0 Å². The molecule has 1 saturated carbocycles. The van der Waals surface area contributed by atoms with Gasteiger partial charge in [0.1, 0.15) is 11.4 Å². The molecule has 2 aromatic carbocycles. The van der Waals surface area contributed by atoms with Crippen LogP contribution in [0.1, 0.15) is 39.6 Å². The summed E-state index contributed by atoms with van der Waals surface area (Å²) >= 11 is 0. The summed E-state index contributed by atoms with van der Waals surface area (Å²) in [6.45, 7) is 2.96. The van der Waals surface area contributed by atoms with E-state index in [0.29, 0.717) is 24.3 Å². The first-order valence-electron chi connectivity index (χ1n) is 11.1. The first kappa shape index (κ1) is 24.8. The number of aromatic carboxylic acids is 2. The molecule has 2 fully saturated rings. The highest BCUT2D eigenvalue weighted by molar-refractivity contribution is 5.93. The van der Waals surface area contributed by atoms with E-state index in [1.54, 1.807) is 6.07 Å². The molecule has 0 amide bonds. The third kappa shape index (κ3) is 4.89. The number of aromatic hydroxyl groups is 3. The quantitative estimate of drug-likeness (QED) is 0.291. The molecule has 0 spiro atoms. The van der Waals surface area contributed by atoms with Crippen molar-refractivity contribution in [2.24, 2.45) is 0 Å². The lowest BCUT2D eigenvalue weighted by molar-refractivity contribution is 0.0684. The Kier molecular flexibility index (Phi) is 6.71. The average molecular weight is 501 g/mol. The van der Waals surface area contributed by atoms with E-state index in [1.807, 2.05) is 9.47 Å². The molecule has 11 nitrogen and oxygen atoms in total. The van der Waals surface area contributed by atoms with Crippen molar-refractivity contribution in [2.45, 2.75) is 18.9 Å². The normalized spacial score (nSPS) is 15.3. The lowest BCUT2D eigenvalue weighted by atomic mass is 10.1. The Bertz CT molecular complexity index is 1390. The predicted octanol–water partition coefficient (Wildman–Crippen LogP) is 2.08. The number of aromatic nitrogens is 1. The molecular formula is C24H24FN3O8. The summed E-state index contributed by atoms with van der Waals surface area (Å²) in [5.41, 5.74) is -0.130. The van der Waals surface area contributed by atoms with Crippen molar-refractivity contribution in [2.75, 3.05) is 31.1 Å². The van der Waals surface area contributed by atoms with E-state index < -0.39 is 40.4 Å². The van der Waals surface area contributed by atoms with Crippen LogP contribution in [0.2, 0.25) is 0 Å². The lowest BCUT2D eigenvalue weighted by Gasteiger charge is -2.30. The average Bonchev–Trinajstić information content (AvgIpc) is 3.68. The summed E-state index contributed by atoms with van der Waals surface area (Å²) < 4.78 is 16.4. The van der Waals surface area contributed by atoms with E-state index >= 15 is 0 Å². The van der Waals surface area contributed by atoms with Crippen LogP contribution in [-0.4, -0.2) is 68.2 Å². The molecule has 12 heteroatoms. The minimum Gasteiger partial charge on any atom is -0.504 e. The molecule has 0 unspecified atom stereocenters. The van der Waals surface area contributed by atoms with Crippen LogP contribution in [0.3, 0.4) is 0 Å². The number of carboxylic acid groups (broad SMARTS) is 2. The zero-order valence-corrected chi connectivity index (χ0v) is 18.9. The van der Waals surface area contributed by atoms with Gasteiger partial charge in [-0.2, -0.15) is 0 Å². The topological polar surface area (TPSA) is 173 Å². The number of hydrogen-bond acceptors (Lipinski definition) is 8. The second kappa shape index (κ2) is 9.74. The maximum absolute atomic E-state index is 14.6. The molecule has 36 heavy (non-hydrogen) atoms. The van der Waals surface area contributed by atoms with Crippen LogP contribution in [0.5, 0.6) is 17.2 Å². The summed E-state index contributed by atoms with van der Waals surface area (Å²) in [5.74, 6) is -5.09. The van der Waals surface area contributed by atoms with Crippen LogP contribution in [0.4, 0.5) is 10.1 Å². The molecular weight excluding hydrogens is 477 g/mol. The Labute approximate surface area is 203 Å². The summed E-state index contributed by atoms with van der Waals surface area (Å²) in [7, 11) is 0.